The molecule has 1 amide bonds. The Balaban J connectivity index is 2.46. The molecule has 1 aromatic carbocycles. The number of hydrogen-bond acceptors (Lipinski definition) is 2. The van der Waals surface area contributed by atoms with Crippen molar-refractivity contribution in [1.29, 1.82) is 0 Å². The van der Waals surface area contributed by atoms with Crippen molar-refractivity contribution in [2.24, 2.45) is 0 Å². The normalized spacial score (nSPS) is 10.7. The Labute approximate surface area is 118 Å². The van der Waals surface area contributed by atoms with Crippen LogP contribution in [0, 0.1) is 11.6 Å². The quantitative estimate of drug-likeness (QED) is 0.779. The van der Waals surface area contributed by atoms with E-state index in [1.165, 1.54) is 6.07 Å². The van der Waals surface area contributed by atoms with E-state index in [4.69, 9.17) is 0 Å². The molecular formula is C15H20F2N2O. The second-order valence-electron chi connectivity index (χ2n) is 4.75. The van der Waals surface area contributed by atoms with Crippen molar-refractivity contribution < 1.29 is 13.6 Å². The van der Waals surface area contributed by atoms with Gasteiger partial charge in [0, 0.05) is 31.3 Å². The lowest BCUT2D eigenvalue weighted by Gasteiger charge is -2.19. The van der Waals surface area contributed by atoms with Gasteiger partial charge in [-0.1, -0.05) is 19.1 Å². The number of amides is 1. The van der Waals surface area contributed by atoms with Crippen molar-refractivity contribution in [3.05, 3.63) is 42.0 Å². The molecule has 0 aromatic heterocycles. The van der Waals surface area contributed by atoms with Gasteiger partial charge in [0.05, 0.1) is 0 Å². The molecule has 0 heterocycles. The summed E-state index contributed by atoms with van der Waals surface area (Å²) in [5.74, 6) is -2.13. The predicted molar refractivity (Wildman–Crippen MR) is 76.5 cm³/mol. The van der Waals surface area contributed by atoms with Crippen molar-refractivity contribution in [3.63, 3.8) is 0 Å². The molecule has 0 aliphatic rings. The number of carbonyl (C=O) groups is 1. The van der Waals surface area contributed by atoms with Crippen LogP contribution >= 0.6 is 0 Å². The van der Waals surface area contributed by atoms with Crippen molar-refractivity contribution >= 4 is 11.6 Å². The summed E-state index contributed by atoms with van der Waals surface area (Å²) < 4.78 is 25.8. The number of anilines is 1. The van der Waals surface area contributed by atoms with E-state index in [0.29, 0.717) is 13.0 Å². The molecule has 0 unspecified atom stereocenters. The van der Waals surface area contributed by atoms with Crippen LogP contribution in [-0.4, -0.2) is 30.4 Å². The van der Waals surface area contributed by atoms with Gasteiger partial charge >= 0.3 is 0 Å². The Morgan fingerprint density at radius 1 is 1.35 bits per heavy atom. The molecule has 0 bridgehead atoms. The van der Waals surface area contributed by atoms with Crippen molar-refractivity contribution in [3.8, 4) is 0 Å². The summed E-state index contributed by atoms with van der Waals surface area (Å²) in [5.41, 5.74) is 1.30. The van der Waals surface area contributed by atoms with Crippen LogP contribution in [0.3, 0.4) is 0 Å². The molecule has 0 aliphatic heterocycles. The minimum atomic E-state index is -0.972. The van der Waals surface area contributed by atoms with Gasteiger partial charge in [-0.15, -0.1) is 0 Å². The van der Waals surface area contributed by atoms with E-state index in [1.807, 2.05) is 13.8 Å². The monoisotopic (exact) mass is 282 g/mol. The number of nitrogens with zero attached hydrogens (tertiary/aromatic N) is 1. The van der Waals surface area contributed by atoms with Crippen LogP contribution in [0.15, 0.2) is 30.4 Å². The Hall–Kier alpha value is -1.75. The van der Waals surface area contributed by atoms with Gasteiger partial charge in [-0.25, -0.2) is 8.78 Å². The van der Waals surface area contributed by atoms with Crippen molar-refractivity contribution in [2.45, 2.75) is 20.3 Å². The number of hydrogen-bond donors (Lipinski definition) is 1. The van der Waals surface area contributed by atoms with E-state index < -0.39 is 11.6 Å². The second kappa shape index (κ2) is 7.75. The maximum atomic E-state index is 13.0. The van der Waals surface area contributed by atoms with Gasteiger partial charge in [0.1, 0.15) is 0 Å². The van der Waals surface area contributed by atoms with Gasteiger partial charge in [-0.3, -0.25) is 9.69 Å². The second-order valence-corrected chi connectivity index (χ2v) is 4.75. The molecule has 3 nitrogen and oxygen atoms in total. The van der Waals surface area contributed by atoms with Gasteiger partial charge in [0.15, 0.2) is 11.6 Å². The fourth-order valence-electron chi connectivity index (χ4n) is 1.79. The van der Waals surface area contributed by atoms with Gasteiger partial charge in [-0.05, 0) is 25.6 Å². The minimum absolute atomic E-state index is 0.226. The van der Waals surface area contributed by atoms with Crippen molar-refractivity contribution in [1.82, 2.24) is 4.90 Å². The average molecular weight is 282 g/mol. The maximum Gasteiger partial charge on any atom is 0.225 e. The van der Waals surface area contributed by atoms with E-state index in [1.54, 1.807) is 0 Å². The lowest BCUT2D eigenvalue weighted by molar-refractivity contribution is -0.116. The third kappa shape index (κ3) is 5.48. The first-order valence-corrected chi connectivity index (χ1v) is 6.54. The van der Waals surface area contributed by atoms with Gasteiger partial charge in [0.25, 0.3) is 0 Å². The summed E-state index contributed by atoms with van der Waals surface area (Å²) in [6, 6.07) is 3.30. The van der Waals surface area contributed by atoms with Crippen LogP contribution in [0.25, 0.3) is 0 Å². The average Bonchev–Trinajstić information content (AvgIpc) is 2.38. The Morgan fingerprint density at radius 2 is 2.05 bits per heavy atom. The zero-order valence-electron chi connectivity index (χ0n) is 11.9. The van der Waals surface area contributed by atoms with Crippen LogP contribution in [0.2, 0.25) is 0 Å². The molecular weight excluding hydrogens is 262 g/mol. The van der Waals surface area contributed by atoms with Crippen LogP contribution in [-0.2, 0) is 4.79 Å². The van der Waals surface area contributed by atoms with Crippen LogP contribution < -0.4 is 5.32 Å². The molecule has 20 heavy (non-hydrogen) atoms. The number of halogens is 2. The first kappa shape index (κ1) is 16.3. The molecule has 0 saturated heterocycles. The van der Waals surface area contributed by atoms with Gasteiger partial charge in [0.2, 0.25) is 5.91 Å². The molecule has 1 N–H and O–H groups in total. The lowest BCUT2D eigenvalue weighted by atomic mass is 10.2. The highest BCUT2D eigenvalue weighted by molar-refractivity contribution is 5.90. The number of carbonyl (C=O) groups excluding carboxylic acids is 1. The van der Waals surface area contributed by atoms with Gasteiger partial charge in [-0.2, -0.15) is 0 Å². The summed E-state index contributed by atoms with van der Waals surface area (Å²) >= 11 is 0. The smallest absolute Gasteiger partial charge is 0.225 e. The van der Waals surface area contributed by atoms with E-state index in [9.17, 15) is 13.6 Å². The Bertz CT molecular complexity index is 489. The lowest BCUT2D eigenvalue weighted by Crippen LogP contribution is -2.29. The number of likely N-dealkylation sites (N-methyl/N-ethyl adjacent to an activating group) is 1. The zero-order valence-corrected chi connectivity index (χ0v) is 11.9. The van der Waals surface area contributed by atoms with E-state index in [-0.39, 0.29) is 11.6 Å². The van der Waals surface area contributed by atoms with Crippen LogP contribution in [0.4, 0.5) is 14.5 Å². The predicted octanol–water partition coefficient (Wildman–Crippen LogP) is 3.19. The molecule has 1 rings (SSSR count). The third-order valence-corrected chi connectivity index (χ3v) is 2.80. The molecule has 0 saturated carbocycles. The topological polar surface area (TPSA) is 32.3 Å². The van der Waals surface area contributed by atoms with E-state index >= 15 is 0 Å². The number of rotatable bonds is 7. The summed E-state index contributed by atoms with van der Waals surface area (Å²) in [6.45, 7) is 9.95. The molecule has 0 radical (unpaired) electrons. The molecule has 0 spiro atoms. The molecule has 0 atom stereocenters. The van der Waals surface area contributed by atoms with Gasteiger partial charge < -0.3 is 5.32 Å². The summed E-state index contributed by atoms with van der Waals surface area (Å²) in [4.78, 5) is 13.8. The zero-order chi connectivity index (χ0) is 15.1. The molecule has 110 valence electrons. The summed E-state index contributed by atoms with van der Waals surface area (Å²) in [6.07, 6.45) is 0.292. The fraction of sp³-hybridized carbons (Fsp3) is 0.400. The highest BCUT2D eigenvalue weighted by atomic mass is 19.2. The van der Waals surface area contributed by atoms with Crippen LogP contribution in [0.1, 0.15) is 20.3 Å². The first-order chi connectivity index (χ1) is 9.42. The highest BCUT2D eigenvalue weighted by Crippen LogP contribution is 2.13. The molecule has 0 aliphatic carbocycles. The maximum absolute atomic E-state index is 13.0. The van der Waals surface area contributed by atoms with Crippen LogP contribution in [0.5, 0.6) is 0 Å². The van der Waals surface area contributed by atoms with Crippen molar-refractivity contribution in [2.75, 3.05) is 25.0 Å². The summed E-state index contributed by atoms with van der Waals surface area (Å²) in [5, 5.41) is 2.55. The number of benzene rings is 1. The number of nitrogens with one attached hydrogen (secondary N) is 1. The molecule has 1 aromatic rings. The summed E-state index contributed by atoms with van der Waals surface area (Å²) in [7, 11) is 0. The molecule has 5 heteroatoms. The third-order valence-electron chi connectivity index (χ3n) is 2.80. The first-order valence-electron chi connectivity index (χ1n) is 6.54. The van der Waals surface area contributed by atoms with E-state index in [2.05, 4.69) is 16.8 Å². The SMILES string of the molecule is C=C(C)CN(CC)CCC(=O)Nc1ccc(F)c(F)c1. The molecule has 0 fully saturated rings. The standard InChI is InChI=1S/C15H20F2N2O/c1-4-19(10-11(2)3)8-7-15(20)18-12-5-6-13(16)14(17)9-12/h5-6,9H,2,4,7-8,10H2,1,3H3,(H,18,20). The van der Waals surface area contributed by atoms with E-state index in [0.717, 1.165) is 30.8 Å². The fourth-order valence-corrected chi connectivity index (χ4v) is 1.79. The Morgan fingerprint density at radius 3 is 2.60 bits per heavy atom. The highest BCUT2D eigenvalue weighted by Gasteiger charge is 2.09. The largest absolute Gasteiger partial charge is 0.326 e. The minimum Gasteiger partial charge on any atom is -0.326 e. The Kier molecular flexibility index (Phi) is 6.31.